The van der Waals surface area contributed by atoms with Gasteiger partial charge in [-0.25, -0.2) is 0 Å². The summed E-state index contributed by atoms with van der Waals surface area (Å²) in [4.78, 5) is 12.5. The van der Waals surface area contributed by atoms with E-state index in [2.05, 4.69) is 15.9 Å². The Morgan fingerprint density at radius 3 is 2.75 bits per heavy atom. The van der Waals surface area contributed by atoms with Gasteiger partial charge >= 0.3 is 0 Å². The van der Waals surface area contributed by atoms with Gasteiger partial charge in [0.05, 0.1) is 5.02 Å². The number of carbonyl (C=O) groups is 1. The smallest absolute Gasteiger partial charge is 0.229 e. The lowest BCUT2D eigenvalue weighted by molar-refractivity contribution is 0.101. The van der Waals surface area contributed by atoms with Crippen molar-refractivity contribution in [3.8, 4) is 0 Å². The number of furan rings is 1. The Bertz CT molecular complexity index is 826. The van der Waals surface area contributed by atoms with Gasteiger partial charge in [0, 0.05) is 21.1 Å². The van der Waals surface area contributed by atoms with Crippen molar-refractivity contribution in [2.45, 2.75) is 0 Å². The maximum atomic E-state index is 12.5. The van der Waals surface area contributed by atoms with Crippen LogP contribution in [0.4, 0.5) is 5.69 Å². The maximum Gasteiger partial charge on any atom is 0.229 e. The first-order chi connectivity index (χ1) is 9.56. The Balaban J connectivity index is 2.13. The molecule has 0 fully saturated rings. The number of fused-ring (bicyclic) bond motifs is 1. The van der Waals surface area contributed by atoms with E-state index in [0.717, 1.165) is 5.39 Å². The summed E-state index contributed by atoms with van der Waals surface area (Å²) in [6.07, 6.45) is 0. The molecule has 0 saturated carbocycles. The summed E-state index contributed by atoms with van der Waals surface area (Å²) in [6, 6.07) is 12.1. The standard InChI is InChI=1S/C15H9BrClNO2/c16-11-5-4-9(18)7-10(11)14(19)13-6-8-2-1-3-12(17)15(8)20-13/h1-7H,18H2. The Kier molecular flexibility index (Phi) is 3.28. The molecule has 0 saturated heterocycles. The average molecular weight is 351 g/mol. The fourth-order valence-electron chi connectivity index (χ4n) is 1.99. The molecule has 0 aliphatic carbocycles. The van der Waals surface area contributed by atoms with E-state index < -0.39 is 0 Å². The van der Waals surface area contributed by atoms with Crippen LogP contribution < -0.4 is 5.73 Å². The number of carbonyl (C=O) groups excluding carboxylic acids is 1. The number of hydrogen-bond acceptors (Lipinski definition) is 3. The summed E-state index contributed by atoms with van der Waals surface area (Å²) < 4.78 is 6.24. The van der Waals surface area contributed by atoms with E-state index in [1.165, 1.54) is 0 Å². The number of hydrogen-bond donors (Lipinski definition) is 1. The molecule has 0 radical (unpaired) electrons. The van der Waals surface area contributed by atoms with E-state index >= 15 is 0 Å². The molecule has 2 N–H and O–H groups in total. The molecule has 0 bridgehead atoms. The van der Waals surface area contributed by atoms with Crippen molar-refractivity contribution in [2.75, 3.05) is 5.73 Å². The van der Waals surface area contributed by atoms with E-state index in [0.29, 0.717) is 26.3 Å². The zero-order chi connectivity index (χ0) is 14.3. The first-order valence-corrected chi connectivity index (χ1v) is 7.01. The lowest BCUT2D eigenvalue weighted by Gasteiger charge is -2.02. The molecule has 3 aromatic rings. The van der Waals surface area contributed by atoms with Crippen molar-refractivity contribution in [3.05, 3.63) is 63.3 Å². The third-order valence-electron chi connectivity index (χ3n) is 2.95. The van der Waals surface area contributed by atoms with E-state index in [-0.39, 0.29) is 11.5 Å². The number of nitrogens with two attached hydrogens (primary N) is 1. The summed E-state index contributed by atoms with van der Waals surface area (Å²) in [5.41, 5.74) is 7.21. The third kappa shape index (κ3) is 2.21. The van der Waals surface area contributed by atoms with Gasteiger partial charge in [-0.1, -0.05) is 39.7 Å². The minimum absolute atomic E-state index is 0.236. The highest BCUT2D eigenvalue weighted by molar-refractivity contribution is 9.10. The number of benzene rings is 2. The van der Waals surface area contributed by atoms with Crippen LogP contribution in [0.1, 0.15) is 16.1 Å². The molecule has 5 heteroatoms. The van der Waals surface area contributed by atoms with Gasteiger partial charge in [-0.05, 0) is 30.3 Å². The van der Waals surface area contributed by atoms with Gasteiger partial charge in [0.25, 0.3) is 0 Å². The molecule has 1 heterocycles. The molecule has 0 atom stereocenters. The quantitative estimate of drug-likeness (QED) is 0.540. The number of rotatable bonds is 2. The number of para-hydroxylation sites is 1. The molecule has 0 spiro atoms. The van der Waals surface area contributed by atoms with Crippen LogP contribution in [0.3, 0.4) is 0 Å². The summed E-state index contributed by atoms with van der Waals surface area (Å²) in [6.45, 7) is 0. The number of halogens is 2. The van der Waals surface area contributed by atoms with Crippen molar-refractivity contribution in [3.63, 3.8) is 0 Å². The van der Waals surface area contributed by atoms with Gasteiger partial charge in [0.2, 0.25) is 5.78 Å². The Morgan fingerprint density at radius 2 is 2.00 bits per heavy atom. The predicted molar refractivity (Wildman–Crippen MR) is 83.2 cm³/mol. The average Bonchev–Trinajstić information content (AvgIpc) is 2.86. The van der Waals surface area contributed by atoms with E-state index in [1.807, 2.05) is 12.1 Å². The molecular weight excluding hydrogens is 342 g/mol. The van der Waals surface area contributed by atoms with Gasteiger partial charge in [-0.3, -0.25) is 4.79 Å². The van der Waals surface area contributed by atoms with Crippen molar-refractivity contribution in [1.82, 2.24) is 0 Å². The molecule has 100 valence electrons. The summed E-state index contributed by atoms with van der Waals surface area (Å²) >= 11 is 9.39. The van der Waals surface area contributed by atoms with Crippen LogP contribution in [0.5, 0.6) is 0 Å². The molecule has 1 aromatic heterocycles. The van der Waals surface area contributed by atoms with Crippen LogP contribution in [-0.4, -0.2) is 5.78 Å². The highest BCUT2D eigenvalue weighted by Crippen LogP contribution is 2.29. The molecule has 2 aromatic carbocycles. The zero-order valence-electron chi connectivity index (χ0n) is 10.2. The number of nitrogen functional groups attached to an aromatic ring is 1. The lowest BCUT2D eigenvalue weighted by atomic mass is 10.1. The molecule has 20 heavy (non-hydrogen) atoms. The van der Waals surface area contributed by atoms with Crippen LogP contribution in [0.2, 0.25) is 5.02 Å². The van der Waals surface area contributed by atoms with Crippen LogP contribution in [0.15, 0.2) is 51.4 Å². The second kappa shape index (κ2) is 4.96. The Labute approximate surface area is 128 Å². The molecule has 0 aliphatic heterocycles. The van der Waals surface area contributed by atoms with Crippen molar-refractivity contribution in [2.24, 2.45) is 0 Å². The lowest BCUT2D eigenvalue weighted by Crippen LogP contribution is -2.01. The molecule has 3 nitrogen and oxygen atoms in total. The van der Waals surface area contributed by atoms with E-state index in [1.54, 1.807) is 30.3 Å². The largest absolute Gasteiger partial charge is 0.451 e. The zero-order valence-corrected chi connectivity index (χ0v) is 12.5. The third-order valence-corrected chi connectivity index (χ3v) is 3.94. The topological polar surface area (TPSA) is 56.2 Å². The van der Waals surface area contributed by atoms with Crippen molar-refractivity contribution < 1.29 is 9.21 Å². The first-order valence-electron chi connectivity index (χ1n) is 5.84. The van der Waals surface area contributed by atoms with E-state index in [4.69, 9.17) is 21.8 Å². The summed E-state index contributed by atoms with van der Waals surface area (Å²) in [5, 5.41) is 1.27. The van der Waals surface area contributed by atoms with Gasteiger partial charge in [0.15, 0.2) is 11.3 Å². The molecular formula is C15H9BrClNO2. The summed E-state index contributed by atoms with van der Waals surface area (Å²) in [5.74, 6) is -0.00385. The predicted octanol–water partition coefficient (Wildman–Crippen LogP) is 4.66. The number of anilines is 1. The fourth-order valence-corrected chi connectivity index (χ4v) is 2.64. The second-order valence-electron chi connectivity index (χ2n) is 4.34. The molecule has 0 aliphatic rings. The SMILES string of the molecule is Nc1ccc(Br)c(C(=O)c2cc3cccc(Cl)c3o2)c1. The highest BCUT2D eigenvalue weighted by Gasteiger charge is 2.18. The first kappa shape index (κ1) is 13.2. The number of ketones is 1. The second-order valence-corrected chi connectivity index (χ2v) is 5.60. The van der Waals surface area contributed by atoms with Crippen LogP contribution in [0.25, 0.3) is 11.0 Å². The monoisotopic (exact) mass is 349 g/mol. The minimum atomic E-state index is -0.239. The summed E-state index contributed by atoms with van der Waals surface area (Å²) in [7, 11) is 0. The fraction of sp³-hybridized carbons (Fsp3) is 0. The van der Waals surface area contributed by atoms with Crippen molar-refractivity contribution in [1.29, 1.82) is 0 Å². The van der Waals surface area contributed by atoms with Gasteiger partial charge in [-0.15, -0.1) is 0 Å². The van der Waals surface area contributed by atoms with Gasteiger partial charge in [-0.2, -0.15) is 0 Å². The molecule has 3 rings (SSSR count). The Morgan fingerprint density at radius 1 is 1.20 bits per heavy atom. The maximum absolute atomic E-state index is 12.5. The molecule has 0 amide bonds. The van der Waals surface area contributed by atoms with Crippen molar-refractivity contribution >= 4 is 50.0 Å². The normalized spacial score (nSPS) is 10.9. The van der Waals surface area contributed by atoms with Crippen LogP contribution in [0, 0.1) is 0 Å². The van der Waals surface area contributed by atoms with Crippen LogP contribution >= 0.6 is 27.5 Å². The highest BCUT2D eigenvalue weighted by atomic mass is 79.9. The van der Waals surface area contributed by atoms with E-state index in [9.17, 15) is 4.79 Å². The minimum Gasteiger partial charge on any atom is -0.451 e. The van der Waals surface area contributed by atoms with Gasteiger partial charge in [0.1, 0.15) is 0 Å². The van der Waals surface area contributed by atoms with Gasteiger partial charge < -0.3 is 10.2 Å². The molecule has 0 unspecified atom stereocenters. The Hall–Kier alpha value is -1.78. The van der Waals surface area contributed by atoms with Crippen LogP contribution in [-0.2, 0) is 0 Å².